The van der Waals surface area contributed by atoms with Gasteiger partial charge in [-0.05, 0) is 12.1 Å². The third kappa shape index (κ3) is 4.25. The summed E-state index contributed by atoms with van der Waals surface area (Å²) in [5, 5.41) is 3.90. The van der Waals surface area contributed by atoms with E-state index in [-0.39, 0.29) is 5.92 Å². The number of nitrogens with one attached hydrogen (secondary N) is 1. The summed E-state index contributed by atoms with van der Waals surface area (Å²) >= 11 is 1.53. The third-order valence-electron chi connectivity index (χ3n) is 5.75. The molecule has 3 aromatic heterocycles. The van der Waals surface area contributed by atoms with Crippen molar-refractivity contribution in [2.45, 2.75) is 12.1 Å². The molecule has 5 rings (SSSR count). The summed E-state index contributed by atoms with van der Waals surface area (Å²) in [4.78, 5) is 28.4. The van der Waals surface area contributed by atoms with Gasteiger partial charge in [-0.2, -0.15) is 0 Å². The van der Waals surface area contributed by atoms with Crippen LogP contribution < -0.4 is 20.7 Å². The van der Waals surface area contributed by atoms with Crippen LogP contribution in [0.3, 0.4) is 0 Å². The van der Waals surface area contributed by atoms with Gasteiger partial charge in [-0.15, -0.1) is 0 Å². The minimum atomic E-state index is -0.634. The van der Waals surface area contributed by atoms with E-state index in [1.165, 1.54) is 24.2 Å². The predicted molar refractivity (Wildman–Crippen MR) is 124 cm³/mol. The molecule has 1 saturated heterocycles. The molecule has 5 heterocycles. The minimum Gasteiger partial charge on any atom is -0.480 e. The van der Waals surface area contributed by atoms with Gasteiger partial charge in [0.15, 0.2) is 11.0 Å². The maximum atomic E-state index is 13.3. The Morgan fingerprint density at radius 2 is 2.06 bits per heavy atom. The number of hydrogen-bond donors (Lipinski definition) is 2. The van der Waals surface area contributed by atoms with Crippen molar-refractivity contribution in [1.82, 2.24) is 24.9 Å². The molecule has 0 radical (unpaired) electrons. The smallest absolute Gasteiger partial charge is 0.231 e. The number of amidine groups is 1. The van der Waals surface area contributed by atoms with Gasteiger partial charge in [0.05, 0.1) is 56.4 Å². The fraction of sp³-hybridized carbons (Fsp3) is 0.333. The SMILES string of the molecule is COc1cnc(CNc2ccnc(C34CN(c5ncc(F)cn5)CC3CSC(N)=N4)c2)cn1. The van der Waals surface area contributed by atoms with Crippen LogP contribution in [-0.2, 0) is 12.1 Å². The van der Waals surface area contributed by atoms with Crippen LogP contribution in [0.5, 0.6) is 5.88 Å². The number of anilines is 2. The van der Waals surface area contributed by atoms with Gasteiger partial charge in [0.2, 0.25) is 11.8 Å². The lowest BCUT2D eigenvalue weighted by atomic mass is 9.85. The zero-order chi connectivity index (χ0) is 22.8. The summed E-state index contributed by atoms with van der Waals surface area (Å²) in [7, 11) is 1.55. The normalized spacial score (nSPS) is 21.9. The molecule has 170 valence electrons. The molecule has 2 aliphatic heterocycles. The summed E-state index contributed by atoms with van der Waals surface area (Å²) in [6.07, 6.45) is 7.36. The minimum absolute atomic E-state index is 0.152. The molecule has 0 aliphatic carbocycles. The molecule has 2 atom stereocenters. The van der Waals surface area contributed by atoms with E-state index in [1.807, 2.05) is 17.0 Å². The summed E-state index contributed by atoms with van der Waals surface area (Å²) in [6, 6.07) is 3.89. The van der Waals surface area contributed by atoms with E-state index < -0.39 is 11.4 Å². The number of aliphatic imine (C=N–C) groups is 1. The first-order valence-corrected chi connectivity index (χ1v) is 11.3. The molecule has 0 saturated carbocycles. The van der Waals surface area contributed by atoms with Crippen molar-refractivity contribution < 1.29 is 9.13 Å². The van der Waals surface area contributed by atoms with Crippen LogP contribution in [0.2, 0.25) is 0 Å². The maximum Gasteiger partial charge on any atom is 0.231 e. The number of aromatic nitrogens is 5. The van der Waals surface area contributed by atoms with Gasteiger partial charge in [-0.1, -0.05) is 11.8 Å². The zero-order valence-corrected chi connectivity index (χ0v) is 18.7. The average Bonchev–Trinajstić information content (AvgIpc) is 3.24. The highest BCUT2D eigenvalue weighted by Crippen LogP contribution is 2.45. The summed E-state index contributed by atoms with van der Waals surface area (Å²) < 4.78 is 18.4. The molecular formula is C21H22FN9OS. The highest BCUT2D eigenvalue weighted by Gasteiger charge is 2.51. The van der Waals surface area contributed by atoms with Crippen molar-refractivity contribution in [3.63, 3.8) is 0 Å². The molecule has 3 aromatic rings. The van der Waals surface area contributed by atoms with Gasteiger partial charge in [0.1, 0.15) is 5.54 Å². The topological polar surface area (TPSA) is 127 Å². The largest absolute Gasteiger partial charge is 0.480 e. The Morgan fingerprint density at radius 3 is 2.82 bits per heavy atom. The molecule has 2 unspecified atom stereocenters. The lowest BCUT2D eigenvalue weighted by Gasteiger charge is -2.33. The highest BCUT2D eigenvalue weighted by atomic mass is 32.2. The Morgan fingerprint density at radius 1 is 1.21 bits per heavy atom. The van der Waals surface area contributed by atoms with Crippen molar-refractivity contribution in [1.29, 1.82) is 0 Å². The number of pyridine rings is 1. The van der Waals surface area contributed by atoms with Crippen LogP contribution in [0.4, 0.5) is 16.0 Å². The molecule has 0 aromatic carbocycles. The highest BCUT2D eigenvalue weighted by molar-refractivity contribution is 8.13. The molecule has 2 aliphatic rings. The van der Waals surface area contributed by atoms with Crippen LogP contribution in [0, 0.1) is 11.7 Å². The van der Waals surface area contributed by atoms with Gasteiger partial charge in [0, 0.05) is 30.1 Å². The average molecular weight is 468 g/mol. The van der Waals surface area contributed by atoms with Gasteiger partial charge in [-0.25, -0.2) is 24.3 Å². The van der Waals surface area contributed by atoms with E-state index in [0.717, 1.165) is 22.8 Å². The summed E-state index contributed by atoms with van der Waals surface area (Å²) in [6.45, 7) is 1.68. The molecule has 0 amide bonds. The standard InChI is InChI=1S/C21H22FN9OS/c1-32-18-9-26-16(8-27-18)7-25-15-2-3-24-17(4-15)21-12-31(20-28-5-14(22)6-29-20)10-13(21)11-33-19(23)30-21/h2-6,8-9,13H,7,10-12H2,1H3,(H2,23,30)(H,24,25). The zero-order valence-electron chi connectivity index (χ0n) is 17.8. The van der Waals surface area contributed by atoms with Crippen LogP contribution in [-0.4, -0.2) is 56.0 Å². The number of halogens is 1. The van der Waals surface area contributed by atoms with Gasteiger partial charge >= 0.3 is 0 Å². The Hall–Kier alpha value is -3.54. The van der Waals surface area contributed by atoms with Crippen LogP contribution in [0.1, 0.15) is 11.4 Å². The Labute approximate surface area is 193 Å². The molecule has 1 fully saturated rings. The Bertz CT molecular complexity index is 1160. The first kappa shape index (κ1) is 21.3. The summed E-state index contributed by atoms with van der Waals surface area (Å²) in [5.41, 5.74) is 8.00. The molecule has 10 nitrogen and oxygen atoms in total. The number of thioether (sulfide) groups is 1. The van der Waals surface area contributed by atoms with Crippen molar-refractivity contribution in [2.75, 3.05) is 36.2 Å². The number of nitrogens with two attached hydrogens (primary N) is 1. The van der Waals surface area contributed by atoms with Crippen LogP contribution in [0.15, 0.2) is 48.1 Å². The van der Waals surface area contributed by atoms with Crippen LogP contribution >= 0.6 is 11.8 Å². The second-order valence-electron chi connectivity index (χ2n) is 7.80. The predicted octanol–water partition coefficient (Wildman–Crippen LogP) is 1.81. The molecule has 12 heteroatoms. The number of rotatable bonds is 6. The van der Waals surface area contributed by atoms with Crippen LogP contribution in [0.25, 0.3) is 0 Å². The van der Waals surface area contributed by atoms with E-state index in [4.69, 9.17) is 15.5 Å². The van der Waals surface area contributed by atoms with Gasteiger partial charge in [-0.3, -0.25) is 9.97 Å². The van der Waals surface area contributed by atoms with E-state index in [9.17, 15) is 4.39 Å². The monoisotopic (exact) mass is 467 g/mol. The lowest BCUT2D eigenvalue weighted by Crippen LogP contribution is -2.40. The maximum absolute atomic E-state index is 13.3. The van der Waals surface area contributed by atoms with Crippen molar-refractivity contribution in [2.24, 2.45) is 16.6 Å². The Kier molecular flexibility index (Phi) is 5.67. The first-order valence-electron chi connectivity index (χ1n) is 10.3. The molecular weight excluding hydrogens is 445 g/mol. The quantitative estimate of drug-likeness (QED) is 0.554. The number of fused-ring (bicyclic) bond motifs is 1. The van der Waals surface area contributed by atoms with Gasteiger partial charge in [0.25, 0.3) is 0 Å². The van der Waals surface area contributed by atoms with E-state index in [2.05, 4.69) is 30.2 Å². The number of hydrogen-bond acceptors (Lipinski definition) is 11. The first-order chi connectivity index (χ1) is 16.1. The van der Waals surface area contributed by atoms with E-state index in [0.29, 0.717) is 36.6 Å². The second kappa shape index (κ2) is 8.77. The Balaban J connectivity index is 1.40. The molecule has 33 heavy (non-hydrogen) atoms. The lowest BCUT2D eigenvalue weighted by molar-refractivity contribution is 0.377. The number of methoxy groups -OCH3 is 1. The second-order valence-corrected chi connectivity index (χ2v) is 8.84. The van der Waals surface area contributed by atoms with Crippen molar-refractivity contribution in [3.8, 4) is 5.88 Å². The fourth-order valence-corrected chi connectivity index (χ4v) is 5.09. The number of ether oxygens (including phenoxy) is 1. The number of nitrogens with zero attached hydrogens (tertiary/aromatic N) is 7. The molecule has 3 N–H and O–H groups in total. The van der Waals surface area contributed by atoms with E-state index >= 15 is 0 Å². The van der Waals surface area contributed by atoms with E-state index in [1.54, 1.807) is 25.7 Å². The fourth-order valence-electron chi connectivity index (χ4n) is 4.11. The van der Waals surface area contributed by atoms with Crippen molar-refractivity contribution in [3.05, 3.63) is 60.3 Å². The van der Waals surface area contributed by atoms with Gasteiger partial charge < -0.3 is 20.7 Å². The molecule has 0 spiro atoms. The molecule has 0 bridgehead atoms. The third-order valence-corrected chi connectivity index (χ3v) is 6.70. The van der Waals surface area contributed by atoms with Crippen molar-refractivity contribution >= 4 is 28.6 Å². The summed E-state index contributed by atoms with van der Waals surface area (Å²) in [5.74, 6) is 1.42.